The summed E-state index contributed by atoms with van der Waals surface area (Å²) in [7, 11) is 0. The van der Waals surface area contributed by atoms with Crippen LogP contribution in [0.5, 0.6) is 0 Å². The van der Waals surface area contributed by atoms with E-state index >= 15 is 0 Å². The van der Waals surface area contributed by atoms with Gasteiger partial charge in [0.1, 0.15) is 5.82 Å². The van der Waals surface area contributed by atoms with E-state index in [0.29, 0.717) is 0 Å². The van der Waals surface area contributed by atoms with Crippen LogP contribution in [0.1, 0.15) is 46.5 Å². The molecule has 0 unspecified atom stereocenters. The Kier molecular flexibility index (Phi) is 4.33. The average molecular weight is 304 g/mol. The molecule has 2 nitrogen and oxygen atoms in total. The van der Waals surface area contributed by atoms with Crippen molar-refractivity contribution in [1.82, 2.24) is 9.55 Å². The van der Waals surface area contributed by atoms with Crippen LogP contribution in [0.3, 0.4) is 0 Å². The smallest absolute Gasteiger partial charge is 0.116 e. The topological polar surface area (TPSA) is 17.8 Å². The maximum absolute atomic E-state index is 4.65. The third kappa shape index (κ3) is 3.07. The fourth-order valence-corrected chi connectivity index (χ4v) is 3.19. The minimum atomic E-state index is 0.286. The number of hydrogen-bond donors (Lipinski definition) is 0. The van der Waals surface area contributed by atoms with E-state index < -0.39 is 0 Å². The first-order valence-electron chi connectivity index (χ1n) is 8.19. The first-order chi connectivity index (χ1) is 11.1. The Labute approximate surface area is 138 Å². The van der Waals surface area contributed by atoms with Crippen LogP contribution in [0.25, 0.3) is 0 Å². The molecular weight excluding hydrogens is 280 g/mol. The fraction of sp³-hybridized carbons (Fsp3) is 0.286. The van der Waals surface area contributed by atoms with Crippen LogP contribution in [0, 0.1) is 20.8 Å². The SMILES string of the molecule is Cc1ccccc1Cn1ccnc1[C@@H](C)c1cccc(C)c1C. The standard InChI is InChI=1S/C21H24N2/c1-15-9-7-11-20(17(15)3)18(4)21-22-12-13-23(21)14-19-10-6-5-8-16(19)2/h5-13,18H,14H2,1-4H3/t18-/m0/s1. The highest BCUT2D eigenvalue weighted by Crippen LogP contribution is 2.27. The van der Waals surface area contributed by atoms with Crippen molar-refractivity contribution in [2.24, 2.45) is 0 Å². The van der Waals surface area contributed by atoms with Gasteiger partial charge in [-0.2, -0.15) is 0 Å². The molecule has 0 amide bonds. The van der Waals surface area contributed by atoms with Crippen molar-refractivity contribution in [2.45, 2.75) is 40.2 Å². The summed E-state index contributed by atoms with van der Waals surface area (Å²) in [6, 6.07) is 15.1. The molecule has 2 aromatic carbocycles. The second-order valence-electron chi connectivity index (χ2n) is 6.35. The lowest BCUT2D eigenvalue weighted by molar-refractivity contribution is 0.685. The Balaban J connectivity index is 1.94. The number of aromatic nitrogens is 2. The van der Waals surface area contributed by atoms with Gasteiger partial charge in [0, 0.05) is 24.9 Å². The Hall–Kier alpha value is -2.35. The molecule has 1 atom stereocenters. The first-order valence-corrected chi connectivity index (χ1v) is 8.19. The van der Waals surface area contributed by atoms with Gasteiger partial charge < -0.3 is 4.57 Å². The summed E-state index contributed by atoms with van der Waals surface area (Å²) < 4.78 is 2.27. The number of rotatable bonds is 4. The van der Waals surface area contributed by atoms with Gasteiger partial charge in [-0.25, -0.2) is 4.98 Å². The Morgan fingerprint density at radius 3 is 2.48 bits per heavy atom. The predicted molar refractivity (Wildman–Crippen MR) is 95.9 cm³/mol. The number of benzene rings is 2. The molecule has 118 valence electrons. The van der Waals surface area contributed by atoms with E-state index in [9.17, 15) is 0 Å². The number of nitrogens with zero attached hydrogens (tertiary/aromatic N) is 2. The third-order valence-electron chi connectivity index (χ3n) is 4.85. The lowest BCUT2D eigenvalue weighted by atomic mass is 9.93. The lowest BCUT2D eigenvalue weighted by Gasteiger charge is -2.18. The number of aryl methyl sites for hydroxylation is 2. The van der Waals surface area contributed by atoms with Crippen molar-refractivity contribution >= 4 is 0 Å². The van der Waals surface area contributed by atoms with Crippen molar-refractivity contribution in [2.75, 3.05) is 0 Å². The summed E-state index contributed by atoms with van der Waals surface area (Å²) in [6.07, 6.45) is 4.00. The molecule has 0 aliphatic carbocycles. The van der Waals surface area contributed by atoms with E-state index in [-0.39, 0.29) is 5.92 Å². The minimum absolute atomic E-state index is 0.286. The number of hydrogen-bond acceptors (Lipinski definition) is 1. The molecular formula is C21H24N2. The molecule has 1 aromatic heterocycles. The molecule has 0 saturated carbocycles. The molecule has 23 heavy (non-hydrogen) atoms. The summed E-state index contributed by atoms with van der Waals surface area (Å²) in [5, 5.41) is 0. The molecule has 2 heteroatoms. The van der Waals surface area contributed by atoms with Crippen LogP contribution in [0.15, 0.2) is 54.9 Å². The molecule has 1 heterocycles. The summed E-state index contributed by atoms with van der Waals surface area (Å²) in [6.45, 7) is 9.66. The average Bonchev–Trinajstić information content (AvgIpc) is 3.00. The Morgan fingerprint density at radius 1 is 0.957 bits per heavy atom. The van der Waals surface area contributed by atoms with Gasteiger partial charge in [-0.15, -0.1) is 0 Å². The van der Waals surface area contributed by atoms with Crippen LogP contribution < -0.4 is 0 Å². The van der Waals surface area contributed by atoms with E-state index in [2.05, 4.69) is 85.9 Å². The highest BCUT2D eigenvalue weighted by Gasteiger charge is 2.17. The van der Waals surface area contributed by atoms with Crippen molar-refractivity contribution in [3.05, 3.63) is 88.5 Å². The van der Waals surface area contributed by atoms with E-state index in [1.54, 1.807) is 0 Å². The van der Waals surface area contributed by atoms with Gasteiger partial charge in [0.05, 0.1) is 0 Å². The van der Waals surface area contributed by atoms with Crippen LogP contribution >= 0.6 is 0 Å². The minimum Gasteiger partial charge on any atom is -0.330 e. The Morgan fingerprint density at radius 2 is 1.70 bits per heavy atom. The zero-order valence-corrected chi connectivity index (χ0v) is 14.4. The molecule has 0 saturated heterocycles. The molecule has 0 aliphatic rings. The molecule has 3 aromatic rings. The van der Waals surface area contributed by atoms with Crippen LogP contribution in [0.4, 0.5) is 0 Å². The largest absolute Gasteiger partial charge is 0.330 e. The van der Waals surface area contributed by atoms with Crippen LogP contribution in [0.2, 0.25) is 0 Å². The van der Waals surface area contributed by atoms with Gasteiger partial charge in [0.25, 0.3) is 0 Å². The van der Waals surface area contributed by atoms with Gasteiger partial charge in [-0.3, -0.25) is 0 Å². The van der Waals surface area contributed by atoms with Crippen molar-refractivity contribution < 1.29 is 0 Å². The van der Waals surface area contributed by atoms with Crippen molar-refractivity contribution in [3.63, 3.8) is 0 Å². The van der Waals surface area contributed by atoms with Crippen LogP contribution in [-0.2, 0) is 6.54 Å². The molecule has 3 rings (SSSR count). The quantitative estimate of drug-likeness (QED) is 0.662. The Bertz CT molecular complexity index is 814. The molecule has 0 bridgehead atoms. The van der Waals surface area contributed by atoms with Gasteiger partial charge in [-0.05, 0) is 48.6 Å². The second-order valence-corrected chi connectivity index (χ2v) is 6.35. The van der Waals surface area contributed by atoms with E-state index in [0.717, 1.165) is 12.4 Å². The van der Waals surface area contributed by atoms with E-state index in [1.165, 1.54) is 27.8 Å². The lowest BCUT2D eigenvalue weighted by Crippen LogP contribution is -2.10. The summed E-state index contributed by atoms with van der Waals surface area (Å²) in [4.78, 5) is 4.65. The van der Waals surface area contributed by atoms with Crippen LogP contribution in [-0.4, -0.2) is 9.55 Å². The molecule has 0 spiro atoms. The van der Waals surface area contributed by atoms with Crippen molar-refractivity contribution in [3.8, 4) is 0 Å². The maximum Gasteiger partial charge on any atom is 0.116 e. The third-order valence-corrected chi connectivity index (χ3v) is 4.85. The maximum atomic E-state index is 4.65. The highest BCUT2D eigenvalue weighted by molar-refractivity contribution is 5.38. The fourth-order valence-electron chi connectivity index (χ4n) is 3.19. The molecule has 0 fully saturated rings. The van der Waals surface area contributed by atoms with E-state index in [4.69, 9.17) is 0 Å². The molecule has 0 radical (unpaired) electrons. The van der Waals surface area contributed by atoms with Crippen molar-refractivity contribution in [1.29, 1.82) is 0 Å². The zero-order valence-electron chi connectivity index (χ0n) is 14.4. The monoisotopic (exact) mass is 304 g/mol. The van der Waals surface area contributed by atoms with Gasteiger partial charge in [0.2, 0.25) is 0 Å². The van der Waals surface area contributed by atoms with E-state index in [1.807, 2.05) is 6.20 Å². The van der Waals surface area contributed by atoms with Gasteiger partial charge in [0.15, 0.2) is 0 Å². The first kappa shape index (κ1) is 15.5. The highest BCUT2D eigenvalue weighted by atomic mass is 15.1. The summed E-state index contributed by atoms with van der Waals surface area (Å²) >= 11 is 0. The molecule has 0 N–H and O–H groups in total. The molecule has 0 aliphatic heterocycles. The summed E-state index contributed by atoms with van der Waals surface area (Å²) in [5.41, 5.74) is 6.74. The van der Waals surface area contributed by atoms with Gasteiger partial charge in [-0.1, -0.05) is 49.4 Å². The normalized spacial score (nSPS) is 12.3. The zero-order chi connectivity index (χ0) is 16.4. The summed E-state index contributed by atoms with van der Waals surface area (Å²) in [5.74, 6) is 1.41. The van der Waals surface area contributed by atoms with Gasteiger partial charge >= 0.3 is 0 Å². The predicted octanol–water partition coefficient (Wildman–Crippen LogP) is 5.01. The number of imidazole rings is 1. The second kappa shape index (κ2) is 6.41.